The Bertz CT molecular complexity index is 928. The second kappa shape index (κ2) is 9.41. The Balaban J connectivity index is 2.11. The van der Waals surface area contributed by atoms with Crippen molar-refractivity contribution < 1.29 is 17.9 Å². The number of hydrogen-bond donors (Lipinski definition) is 2. The quantitative estimate of drug-likeness (QED) is 0.679. The van der Waals surface area contributed by atoms with Gasteiger partial charge in [0, 0.05) is 11.6 Å². The van der Waals surface area contributed by atoms with Gasteiger partial charge in [0.05, 0.1) is 13.2 Å². The lowest BCUT2D eigenvalue weighted by Crippen LogP contribution is -2.44. The number of hydrogen-bond acceptors (Lipinski definition) is 4. The van der Waals surface area contributed by atoms with Gasteiger partial charge in [-0.05, 0) is 48.2 Å². The van der Waals surface area contributed by atoms with E-state index < -0.39 is 22.0 Å². The molecular weight excluding hydrogens is 400 g/mol. The summed E-state index contributed by atoms with van der Waals surface area (Å²) in [5, 5.41) is 3.32. The second-order valence-corrected chi connectivity index (χ2v) is 8.87. The smallest absolute Gasteiger partial charge is 0.244 e. The van der Waals surface area contributed by atoms with E-state index in [1.165, 1.54) is 14.0 Å². The number of ether oxygens (including phenoxy) is 1. The van der Waals surface area contributed by atoms with Gasteiger partial charge in [-0.3, -0.25) is 4.79 Å². The molecule has 0 saturated heterocycles. The lowest BCUT2D eigenvalue weighted by molar-refractivity contribution is -0.122. The van der Waals surface area contributed by atoms with Crippen LogP contribution in [0.1, 0.15) is 37.8 Å². The molecule has 0 saturated carbocycles. The largest absolute Gasteiger partial charge is 0.495 e. The fraction of sp³-hybridized carbons (Fsp3) is 0.350. The summed E-state index contributed by atoms with van der Waals surface area (Å²) >= 11 is 5.84. The van der Waals surface area contributed by atoms with Crippen molar-refractivity contribution in [1.82, 2.24) is 10.0 Å². The predicted octanol–water partition coefficient (Wildman–Crippen LogP) is 3.46. The molecule has 0 heterocycles. The number of carbonyl (C=O) groups is 1. The molecule has 2 rings (SSSR count). The Labute approximate surface area is 171 Å². The first-order valence-corrected chi connectivity index (χ1v) is 10.7. The van der Waals surface area contributed by atoms with E-state index >= 15 is 0 Å². The fourth-order valence-corrected chi connectivity index (χ4v) is 4.09. The van der Waals surface area contributed by atoms with Crippen molar-refractivity contribution in [1.29, 1.82) is 0 Å². The average Bonchev–Trinajstić information content (AvgIpc) is 2.66. The van der Waals surface area contributed by atoms with Gasteiger partial charge in [-0.15, -0.1) is 0 Å². The van der Waals surface area contributed by atoms with Crippen LogP contribution in [0.5, 0.6) is 5.75 Å². The zero-order valence-corrected chi connectivity index (χ0v) is 17.9. The van der Waals surface area contributed by atoms with Crippen LogP contribution in [0.15, 0.2) is 47.4 Å². The second-order valence-electron chi connectivity index (χ2n) is 6.75. The number of methoxy groups -OCH3 is 1. The molecule has 0 spiro atoms. The summed E-state index contributed by atoms with van der Waals surface area (Å²) < 4.78 is 33.3. The highest BCUT2D eigenvalue weighted by Crippen LogP contribution is 2.28. The number of halogens is 1. The number of rotatable bonds is 8. The van der Waals surface area contributed by atoms with Crippen LogP contribution in [0.3, 0.4) is 0 Å². The topological polar surface area (TPSA) is 84.5 Å². The maximum Gasteiger partial charge on any atom is 0.244 e. The van der Waals surface area contributed by atoms with Crippen molar-refractivity contribution in [2.75, 3.05) is 7.11 Å². The Morgan fingerprint density at radius 3 is 2.32 bits per heavy atom. The van der Waals surface area contributed by atoms with E-state index in [0.717, 1.165) is 11.1 Å². The van der Waals surface area contributed by atoms with Crippen LogP contribution in [0, 0.1) is 0 Å². The molecule has 0 aliphatic rings. The van der Waals surface area contributed by atoms with Gasteiger partial charge in [-0.25, -0.2) is 8.42 Å². The van der Waals surface area contributed by atoms with E-state index in [9.17, 15) is 13.2 Å². The third kappa shape index (κ3) is 5.70. The number of sulfonamides is 1. The van der Waals surface area contributed by atoms with Crippen LogP contribution in [-0.2, 0) is 21.4 Å². The maximum atomic E-state index is 12.8. The van der Waals surface area contributed by atoms with Crippen molar-refractivity contribution in [3.63, 3.8) is 0 Å². The summed E-state index contributed by atoms with van der Waals surface area (Å²) in [6.07, 6.45) is 0. The third-order valence-corrected chi connectivity index (χ3v) is 6.06. The van der Waals surface area contributed by atoms with Gasteiger partial charge < -0.3 is 10.1 Å². The van der Waals surface area contributed by atoms with Gasteiger partial charge in [0.25, 0.3) is 0 Å². The Morgan fingerprint density at radius 1 is 1.11 bits per heavy atom. The molecule has 1 unspecified atom stereocenters. The van der Waals surface area contributed by atoms with Gasteiger partial charge >= 0.3 is 0 Å². The summed E-state index contributed by atoms with van der Waals surface area (Å²) in [5.74, 6) is -0.0527. The zero-order chi connectivity index (χ0) is 20.9. The van der Waals surface area contributed by atoms with Crippen LogP contribution >= 0.6 is 11.6 Å². The minimum atomic E-state index is -3.95. The predicted molar refractivity (Wildman–Crippen MR) is 110 cm³/mol. The number of benzene rings is 2. The SMILES string of the molecule is COc1ccc(C(C)C)cc1S(=O)(=O)NC(C)C(=O)NCc1ccc(Cl)cc1. The van der Waals surface area contributed by atoms with Crippen molar-refractivity contribution in [3.05, 3.63) is 58.6 Å². The summed E-state index contributed by atoms with van der Waals surface area (Å²) in [5.41, 5.74) is 1.72. The van der Waals surface area contributed by atoms with Gasteiger partial charge in [-0.1, -0.05) is 43.6 Å². The highest BCUT2D eigenvalue weighted by molar-refractivity contribution is 7.89. The van der Waals surface area contributed by atoms with Gasteiger partial charge in [0.15, 0.2) is 0 Å². The van der Waals surface area contributed by atoms with Crippen molar-refractivity contribution in [3.8, 4) is 5.75 Å². The Morgan fingerprint density at radius 2 is 1.75 bits per heavy atom. The first-order valence-electron chi connectivity index (χ1n) is 8.86. The molecule has 8 heteroatoms. The van der Waals surface area contributed by atoms with E-state index in [4.69, 9.17) is 16.3 Å². The van der Waals surface area contributed by atoms with E-state index in [2.05, 4.69) is 10.0 Å². The lowest BCUT2D eigenvalue weighted by atomic mass is 10.0. The van der Waals surface area contributed by atoms with Gasteiger partial charge in [-0.2, -0.15) is 4.72 Å². The molecule has 28 heavy (non-hydrogen) atoms. The molecule has 0 aliphatic heterocycles. The van der Waals surface area contributed by atoms with E-state index in [0.29, 0.717) is 5.02 Å². The van der Waals surface area contributed by atoms with Crippen LogP contribution in [0.25, 0.3) is 0 Å². The molecule has 1 amide bonds. The van der Waals surface area contributed by atoms with Crippen molar-refractivity contribution >= 4 is 27.5 Å². The summed E-state index contributed by atoms with van der Waals surface area (Å²) in [6.45, 7) is 5.71. The minimum Gasteiger partial charge on any atom is -0.495 e. The molecule has 0 aromatic heterocycles. The molecule has 0 bridgehead atoms. The average molecular weight is 425 g/mol. The Hall–Kier alpha value is -2.09. The Kier molecular flexibility index (Phi) is 7.46. The highest BCUT2D eigenvalue weighted by atomic mass is 35.5. The molecule has 1 atom stereocenters. The highest BCUT2D eigenvalue weighted by Gasteiger charge is 2.25. The summed E-state index contributed by atoms with van der Waals surface area (Å²) in [6, 6.07) is 11.1. The molecule has 6 nitrogen and oxygen atoms in total. The van der Waals surface area contributed by atoms with Gasteiger partial charge in [0.2, 0.25) is 15.9 Å². The maximum absolute atomic E-state index is 12.8. The molecule has 152 valence electrons. The molecule has 2 aromatic rings. The first-order chi connectivity index (χ1) is 13.1. The number of nitrogens with one attached hydrogen (secondary N) is 2. The molecule has 2 N–H and O–H groups in total. The third-order valence-electron chi connectivity index (χ3n) is 4.25. The van der Waals surface area contributed by atoms with Crippen LogP contribution in [0.4, 0.5) is 0 Å². The standard InChI is InChI=1S/C20H25ClN2O4S/c1-13(2)16-7-10-18(27-4)19(11-16)28(25,26)23-14(3)20(24)22-12-15-5-8-17(21)9-6-15/h5-11,13-14,23H,12H2,1-4H3,(H,22,24). The van der Waals surface area contributed by atoms with E-state index in [1.807, 2.05) is 19.9 Å². The lowest BCUT2D eigenvalue weighted by Gasteiger charge is -2.17. The summed E-state index contributed by atoms with van der Waals surface area (Å²) in [4.78, 5) is 12.3. The van der Waals surface area contributed by atoms with Crippen LogP contribution in [0.2, 0.25) is 5.02 Å². The molecular formula is C20H25ClN2O4S. The minimum absolute atomic E-state index is 0.0125. The first kappa shape index (κ1) is 22.2. The molecule has 0 fully saturated rings. The van der Waals surface area contributed by atoms with E-state index in [1.54, 1.807) is 36.4 Å². The monoisotopic (exact) mass is 424 g/mol. The van der Waals surface area contributed by atoms with Crippen LogP contribution < -0.4 is 14.8 Å². The normalized spacial score (nSPS) is 12.6. The number of carbonyl (C=O) groups excluding carboxylic acids is 1. The zero-order valence-electron chi connectivity index (χ0n) is 16.3. The fourth-order valence-electron chi connectivity index (χ4n) is 2.56. The van der Waals surface area contributed by atoms with Crippen LogP contribution in [-0.4, -0.2) is 27.5 Å². The number of amides is 1. The molecule has 0 radical (unpaired) electrons. The van der Waals surface area contributed by atoms with E-state index in [-0.39, 0.29) is 23.1 Å². The van der Waals surface area contributed by atoms with Crippen molar-refractivity contribution in [2.24, 2.45) is 0 Å². The molecule has 2 aromatic carbocycles. The van der Waals surface area contributed by atoms with Gasteiger partial charge in [0.1, 0.15) is 10.6 Å². The molecule has 0 aliphatic carbocycles. The van der Waals surface area contributed by atoms with Crippen molar-refractivity contribution in [2.45, 2.75) is 44.2 Å². The summed E-state index contributed by atoms with van der Waals surface area (Å²) in [7, 11) is -2.54.